The maximum absolute atomic E-state index is 5.88. The Morgan fingerprint density at radius 3 is 2.73 bits per heavy atom. The molecule has 4 heteroatoms. The fourth-order valence-electron chi connectivity index (χ4n) is 1.47. The minimum Gasteiger partial charge on any atom is -0.396 e. The second kappa shape index (κ2) is 5.81. The number of aromatic nitrogens is 1. The Kier molecular flexibility index (Phi) is 4.69. The monoisotopic (exact) mass is 227 g/mol. The van der Waals surface area contributed by atoms with Crippen molar-refractivity contribution in [2.24, 2.45) is 0 Å². The molecule has 0 aliphatic heterocycles. The fraction of sp³-hybridized carbons (Fsp3) is 0.545. The van der Waals surface area contributed by atoms with Gasteiger partial charge in [0.1, 0.15) is 0 Å². The number of nitrogen functional groups attached to an aromatic ring is 1. The zero-order valence-electron chi connectivity index (χ0n) is 9.33. The van der Waals surface area contributed by atoms with E-state index in [-0.39, 0.29) is 0 Å². The van der Waals surface area contributed by atoms with Gasteiger partial charge < -0.3 is 10.6 Å². The summed E-state index contributed by atoms with van der Waals surface area (Å²) in [7, 11) is 0. The Hall–Kier alpha value is -0.960. The predicted molar refractivity (Wildman–Crippen MR) is 66.5 cm³/mol. The summed E-state index contributed by atoms with van der Waals surface area (Å²) in [5, 5.41) is 0.586. The summed E-state index contributed by atoms with van der Waals surface area (Å²) in [6, 6.07) is 1.75. The molecule has 0 atom stereocenters. The van der Waals surface area contributed by atoms with E-state index in [2.05, 4.69) is 23.7 Å². The first-order chi connectivity index (χ1) is 7.19. The van der Waals surface area contributed by atoms with Crippen LogP contribution in [0.5, 0.6) is 0 Å². The number of halogens is 1. The van der Waals surface area contributed by atoms with Gasteiger partial charge in [0.25, 0.3) is 0 Å². The number of nitrogens with two attached hydrogens (primary N) is 1. The van der Waals surface area contributed by atoms with Crippen molar-refractivity contribution in [3.63, 3.8) is 0 Å². The molecule has 3 nitrogen and oxygen atoms in total. The summed E-state index contributed by atoms with van der Waals surface area (Å²) in [5.74, 6) is 0.843. The Morgan fingerprint density at radius 2 is 2.20 bits per heavy atom. The molecule has 1 aromatic heterocycles. The highest BCUT2D eigenvalue weighted by molar-refractivity contribution is 6.30. The third-order valence-electron chi connectivity index (χ3n) is 2.32. The van der Waals surface area contributed by atoms with Crippen LogP contribution in [0.4, 0.5) is 11.5 Å². The molecular weight excluding hydrogens is 210 g/mol. The third-order valence-corrected chi connectivity index (χ3v) is 2.53. The summed E-state index contributed by atoms with van der Waals surface area (Å²) in [4.78, 5) is 6.45. The van der Waals surface area contributed by atoms with Gasteiger partial charge in [-0.2, -0.15) is 0 Å². The zero-order valence-corrected chi connectivity index (χ0v) is 10.1. The number of nitrogens with zero attached hydrogens (tertiary/aromatic N) is 2. The standard InChI is InChI=1S/C11H18ClN3/c1-3-5-6-15(4-2)11-10(13)7-9(12)8-14-11/h7-8H,3-6,13H2,1-2H3. The molecule has 0 aliphatic rings. The molecule has 0 amide bonds. The molecule has 0 radical (unpaired) electrons. The van der Waals surface area contributed by atoms with Gasteiger partial charge in [-0.3, -0.25) is 0 Å². The molecule has 15 heavy (non-hydrogen) atoms. The van der Waals surface area contributed by atoms with Crippen LogP contribution in [0.25, 0.3) is 0 Å². The van der Waals surface area contributed by atoms with Crippen molar-refractivity contribution < 1.29 is 0 Å². The van der Waals surface area contributed by atoms with Crippen LogP contribution in [0.15, 0.2) is 12.3 Å². The molecule has 84 valence electrons. The van der Waals surface area contributed by atoms with Crippen molar-refractivity contribution in [1.82, 2.24) is 4.98 Å². The Labute approximate surface area is 96.2 Å². The lowest BCUT2D eigenvalue weighted by Gasteiger charge is -2.23. The van der Waals surface area contributed by atoms with Crippen molar-refractivity contribution in [1.29, 1.82) is 0 Å². The topological polar surface area (TPSA) is 42.2 Å². The molecule has 1 rings (SSSR count). The quantitative estimate of drug-likeness (QED) is 0.841. The van der Waals surface area contributed by atoms with Crippen molar-refractivity contribution in [3.05, 3.63) is 17.3 Å². The van der Waals surface area contributed by atoms with Crippen LogP contribution >= 0.6 is 11.6 Å². The summed E-state index contributed by atoms with van der Waals surface area (Å²) < 4.78 is 0. The van der Waals surface area contributed by atoms with E-state index in [0.717, 1.165) is 25.3 Å². The van der Waals surface area contributed by atoms with E-state index in [9.17, 15) is 0 Å². The van der Waals surface area contributed by atoms with Gasteiger partial charge in [-0.1, -0.05) is 24.9 Å². The molecule has 0 bridgehead atoms. The van der Waals surface area contributed by atoms with Crippen LogP contribution in [0.1, 0.15) is 26.7 Å². The Bertz CT molecular complexity index is 315. The van der Waals surface area contributed by atoms with Crippen LogP contribution in [0.2, 0.25) is 5.02 Å². The van der Waals surface area contributed by atoms with Gasteiger partial charge in [0.2, 0.25) is 0 Å². The molecule has 0 spiro atoms. The minimum absolute atomic E-state index is 0.586. The SMILES string of the molecule is CCCCN(CC)c1ncc(Cl)cc1N. The maximum Gasteiger partial charge on any atom is 0.151 e. The number of pyridine rings is 1. The van der Waals surface area contributed by atoms with Crippen molar-refractivity contribution in [3.8, 4) is 0 Å². The first-order valence-corrected chi connectivity index (χ1v) is 5.72. The van der Waals surface area contributed by atoms with Gasteiger partial charge in [0.15, 0.2) is 5.82 Å². The van der Waals surface area contributed by atoms with Crippen LogP contribution < -0.4 is 10.6 Å². The van der Waals surface area contributed by atoms with E-state index in [1.807, 2.05) is 0 Å². The number of hydrogen-bond acceptors (Lipinski definition) is 3. The van der Waals surface area contributed by atoms with E-state index < -0.39 is 0 Å². The lowest BCUT2D eigenvalue weighted by Crippen LogP contribution is -2.25. The summed E-state index contributed by atoms with van der Waals surface area (Å²) in [6.45, 7) is 6.18. The molecule has 1 heterocycles. The van der Waals surface area contributed by atoms with Gasteiger partial charge in [-0.05, 0) is 19.4 Å². The van der Waals surface area contributed by atoms with Gasteiger partial charge in [-0.25, -0.2) is 4.98 Å². The largest absolute Gasteiger partial charge is 0.396 e. The van der Waals surface area contributed by atoms with Crippen molar-refractivity contribution in [2.75, 3.05) is 23.7 Å². The second-order valence-corrected chi connectivity index (χ2v) is 3.94. The number of rotatable bonds is 5. The highest BCUT2D eigenvalue weighted by Gasteiger charge is 2.09. The highest BCUT2D eigenvalue weighted by atomic mass is 35.5. The summed E-state index contributed by atoms with van der Waals surface area (Å²) >= 11 is 5.81. The first kappa shape index (κ1) is 12.1. The molecule has 0 saturated carbocycles. The molecule has 0 aromatic carbocycles. The van der Waals surface area contributed by atoms with Gasteiger partial charge >= 0.3 is 0 Å². The van der Waals surface area contributed by atoms with E-state index in [1.165, 1.54) is 6.42 Å². The van der Waals surface area contributed by atoms with Gasteiger partial charge in [0, 0.05) is 19.3 Å². The van der Waals surface area contributed by atoms with Crippen LogP contribution in [0.3, 0.4) is 0 Å². The highest BCUT2D eigenvalue weighted by Crippen LogP contribution is 2.23. The van der Waals surface area contributed by atoms with Crippen LogP contribution in [-0.4, -0.2) is 18.1 Å². The normalized spacial score (nSPS) is 10.3. The molecular formula is C11H18ClN3. The average Bonchev–Trinajstić information content (AvgIpc) is 2.21. The number of anilines is 2. The Morgan fingerprint density at radius 1 is 1.47 bits per heavy atom. The smallest absolute Gasteiger partial charge is 0.151 e. The predicted octanol–water partition coefficient (Wildman–Crippen LogP) is 2.94. The lowest BCUT2D eigenvalue weighted by molar-refractivity contribution is 0.725. The van der Waals surface area contributed by atoms with Crippen LogP contribution in [-0.2, 0) is 0 Å². The summed E-state index contributed by atoms with van der Waals surface area (Å²) in [6.07, 6.45) is 3.96. The van der Waals surface area contributed by atoms with E-state index in [0.29, 0.717) is 10.7 Å². The number of hydrogen-bond donors (Lipinski definition) is 1. The Balaban J connectivity index is 2.81. The second-order valence-electron chi connectivity index (χ2n) is 3.50. The summed E-state index contributed by atoms with van der Waals surface area (Å²) in [5.41, 5.74) is 6.53. The van der Waals surface area contributed by atoms with E-state index in [4.69, 9.17) is 17.3 Å². The molecule has 0 aliphatic carbocycles. The van der Waals surface area contributed by atoms with Gasteiger partial charge in [-0.15, -0.1) is 0 Å². The molecule has 2 N–H and O–H groups in total. The zero-order chi connectivity index (χ0) is 11.3. The maximum atomic E-state index is 5.88. The van der Waals surface area contributed by atoms with Crippen molar-refractivity contribution >= 4 is 23.1 Å². The third kappa shape index (κ3) is 3.27. The molecule has 0 fully saturated rings. The van der Waals surface area contributed by atoms with Crippen LogP contribution in [0, 0.1) is 0 Å². The van der Waals surface area contributed by atoms with Crippen molar-refractivity contribution in [2.45, 2.75) is 26.7 Å². The van der Waals surface area contributed by atoms with Gasteiger partial charge in [0.05, 0.1) is 10.7 Å². The molecule has 0 unspecified atom stereocenters. The number of unbranched alkanes of at least 4 members (excludes halogenated alkanes) is 1. The minimum atomic E-state index is 0.586. The van der Waals surface area contributed by atoms with E-state index >= 15 is 0 Å². The lowest BCUT2D eigenvalue weighted by atomic mass is 10.3. The first-order valence-electron chi connectivity index (χ1n) is 5.35. The molecule has 1 aromatic rings. The fourth-order valence-corrected chi connectivity index (χ4v) is 1.64. The van der Waals surface area contributed by atoms with E-state index in [1.54, 1.807) is 12.3 Å². The molecule has 0 saturated heterocycles. The average molecular weight is 228 g/mol.